The van der Waals surface area contributed by atoms with E-state index in [9.17, 15) is 14.0 Å². The topological polar surface area (TPSA) is 69.6 Å². The number of nitrogens with zero attached hydrogens (tertiary/aromatic N) is 5. The Hall–Kier alpha value is -2.87. The molecule has 202 valence electrons. The minimum atomic E-state index is -0.382. The molecule has 1 aromatic heterocycles. The second-order valence-corrected chi connectivity index (χ2v) is 11.0. The first-order valence-electron chi connectivity index (χ1n) is 13.5. The van der Waals surface area contributed by atoms with Crippen molar-refractivity contribution in [3.8, 4) is 0 Å². The minimum Gasteiger partial charge on any atom is -0.334 e. The minimum absolute atomic E-state index is 0.0241. The molecule has 0 unspecified atom stereocenters. The zero-order chi connectivity index (χ0) is 27.1. The van der Waals surface area contributed by atoms with Crippen LogP contribution in [0.15, 0.2) is 24.4 Å². The molecule has 2 amide bonds. The monoisotopic (exact) mass is 511 g/mol. The smallest absolute Gasteiger partial charge is 0.257 e. The average Bonchev–Trinajstić information content (AvgIpc) is 2.79. The van der Waals surface area contributed by atoms with Crippen LogP contribution in [0, 0.1) is 31.5 Å². The van der Waals surface area contributed by atoms with Crippen LogP contribution in [0.1, 0.15) is 74.4 Å². The summed E-state index contributed by atoms with van der Waals surface area (Å²) in [5.74, 6) is 0.792. The van der Waals surface area contributed by atoms with Gasteiger partial charge in [0.1, 0.15) is 11.6 Å². The Morgan fingerprint density at radius 1 is 1.00 bits per heavy atom. The highest BCUT2D eigenvalue weighted by atomic mass is 19.1. The fourth-order valence-electron chi connectivity index (χ4n) is 4.95. The Morgan fingerprint density at radius 3 is 2.35 bits per heavy atom. The van der Waals surface area contributed by atoms with Gasteiger partial charge in [0.25, 0.3) is 5.91 Å². The molecule has 37 heavy (non-hydrogen) atoms. The van der Waals surface area contributed by atoms with E-state index in [-0.39, 0.29) is 30.1 Å². The molecule has 8 heteroatoms. The summed E-state index contributed by atoms with van der Waals surface area (Å²) in [6.45, 7) is 16.0. The first-order valence-corrected chi connectivity index (χ1v) is 13.5. The molecule has 1 aromatic carbocycles. The fourth-order valence-corrected chi connectivity index (χ4v) is 4.95. The molecule has 0 atom stereocenters. The molecule has 0 N–H and O–H groups in total. The molecular formula is C29H42FN5O2. The number of halogens is 1. The maximum Gasteiger partial charge on any atom is 0.257 e. The van der Waals surface area contributed by atoms with Crippen LogP contribution >= 0.6 is 0 Å². The average molecular weight is 512 g/mol. The third-order valence-corrected chi connectivity index (χ3v) is 6.58. The number of hydrogen-bond donors (Lipinski definition) is 0. The number of fused-ring (bicyclic) bond motifs is 1. The van der Waals surface area contributed by atoms with E-state index in [1.807, 2.05) is 20.8 Å². The Kier molecular flexibility index (Phi) is 10.1. The van der Waals surface area contributed by atoms with Crippen molar-refractivity contribution in [2.75, 3.05) is 37.6 Å². The summed E-state index contributed by atoms with van der Waals surface area (Å²) in [5.41, 5.74) is 2.38. The highest BCUT2D eigenvalue weighted by molar-refractivity contribution is 5.96. The van der Waals surface area contributed by atoms with Gasteiger partial charge in [-0.25, -0.2) is 14.4 Å². The van der Waals surface area contributed by atoms with E-state index in [2.05, 4.69) is 28.7 Å². The highest BCUT2D eigenvalue weighted by Gasteiger charge is 2.25. The number of carbonyl (C=O) groups is 2. The number of anilines is 1. The molecule has 2 aromatic rings. The van der Waals surface area contributed by atoms with E-state index < -0.39 is 0 Å². The van der Waals surface area contributed by atoms with Gasteiger partial charge in [0.15, 0.2) is 0 Å². The van der Waals surface area contributed by atoms with Crippen molar-refractivity contribution in [2.45, 2.75) is 67.3 Å². The third kappa shape index (κ3) is 8.06. The molecule has 1 aliphatic heterocycles. The van der Waals surface area contributed by atoms with Crippen molar-refractivity contribution in [1.82, 2.24) is 19.8 Å². The number of benzene rings is 1. The lowest BCUT2D eigenvalue weighted by molar-refractivity contribution is -0.119. The molecule has 3 rings (SSSR count). The largest absolute Gasteiger partial charge is 0.334 e. The SMILES string of the molecule is Cc1ncc(C(=O)N2CCCN(CC(C)C)CCCN(C(=O)CC(C)C)c3ccc(F)cc3C2)c(C)n1. The predicted molar refractivity (Wildman–Crippen MR) is 145 cm³/mol. The van der Waals surface area contributed by atoms with Crippen molar-refractivity contribution in [3.63, 3.8) is 0 Å². The van der Waals surface area contributed by atoms with Crippen LogP contribution in [0.3, 0.4) is 0 Å². The van der Waals surface area contributed by atoms with Crippen molar-refractivity contribution in [3.05, 3.63) is 52.9 Å². The Labute approximate surface area is 221 Å². The normalized spacial score (nSPS) is 15.9. The number of amides is 2. The molecule has 2 heterocycles. The number of hydrogen-bond acceptors (Lipinski definition) is 5. The van der Waals surface area contributed by atoms with Crippen LogP contribution in [0.4, 0.5) is 10.1 Å². The summed E-state index contributed by atoms with van der Waals surface area (Å²) in [5, 5.41) is 0. The van der Waals surface area contributed by atoms with Gasteiger partial charge in [0, 0.05) is 44.5 Å². The van der Waals surface area contributed by atoms with Gasteiger partial charge in [0.05, 0.1) is 11.3 Å². The summed E-state index contributed by atoms with van der Waals surface area (Å²) in [6, 6.07) is 4.54. The Bertz CT molecular complexity index is 1090. The lowest BCUT2D eigenvalue weighted by atomic mass is 10.1. The van der Waals surface area contributed by atoms with Gasteiger partial charge >= 0.3 is 0 Å². The highest BCUT2D eigenvalue weighted by Crippen LogP contribution is 2.27. The lowest BCUT2D eigenvalue weighted by Gasteiger charge is -2.32. The van der Waals surface area contributed by atoms with Gasteiger partial charge in [-0.15, -0.1) is 0 Å². The standard InChI is InChI=1S/C29H42FN5O2/c1-20(2)15-28(36)35-14-8-12-33(18-21(3)4)11-7-13-34(19-24-16-25(30)9-10-27(24)35)29(37)26-17-31-23(6)32-22(26)5/h9-10,16-17,20-21H,7-8,11-15,18-19H2,1-6H3. The zero-order valence-corrected chi connectivity index (χ0v) is 23.3. The quantitative estimate of drug-likeness (QED) is 0.565. The van der Waals surface area contributed by atoms with Gasteiger partial charge in [-0.2, -0.15) is 0 Å². The lowest BCUT2D eigenvalue weighted by Crippen LogP contribution is -2.40. The molecule has 1 aliphatic rings. The molecule has 0 bridgehead atoms. The molecule has 7 nitrogen and oxygen atoms in total. The van der Waals surface area contributed by atoms with E-state index in [4.69, 9.17) is 0 Å². The number of rotatable bonds is 5. The van der Waals surface area contributed by atoms with Crippen molar-refractivity contribution < 1.29 is 14.0 Å². The summed E-state index contributed by atoms with van der Waals surface area (Å²) >= 11 is 0. The number of aromatic nitrogens is 2. The van der Waals surface area contributed by atoms with Crippen LogP contribution in [0.5, 0.6) is 0 Å². The molecular weight excluding hydrogens is 469 g/mol. The molecule has 0 radical (unpaired) electrons. The maximum absolute atomic E-state index is 14.5. The van der Waals surface area contributed by atoms with E-state index >= 15 is 0 Å². The first-order chi connectivity index (χ1) is 17.5. The summed E-state index contributed by atoms with van der Waals surface area (Å²) in [6.07, 6.45) is 3.61. The van der Waals surface area contributed by atoms with Crippen LogP contribution in [0.2, 0.25) is 0 Å². The number of carbonyl (C=O) groups excluding carboxylic acids is 2. The molecule has 0 fully saturated rings. The third-order valence-electron chi connectivity index (χ3n) is 6.58. The fraction of sp³-hybridized carbons (Fsp3) is 0.586. The van der Waals surface area contributed by atoms with Crippen molar-refractivity contribution in [2.24, 2.45) is 11.8 Å². The van der Waals surface area contributed by atoms with Crippen molar-refractivity contribution >= 4 is 17.5 Å². The van der Waals surface area contributed by atoms with Gasteiger partial charge < -0.3 is 14.7 Å². The van der Waals surface area contributed by atoms with Gasteiger partial charge in [-0.3, -0.25) is 9.59 Å². The van der Waals surface area contributed by atoms with E-state index in [1.165, 1.54) is 12.1 Å². The van der Waals surface area contributed by atoms with Crippen LogP contribution in [-0.4, -0.2) is 64.3 Å². The van der Waals surface area contributed by atoms with Gasteiger partial charge in [0.2, 0.25) is 5.91 Å². The Morgan fingerprint density at radius 2 is 1.70 bits per heavy atom. The van der Waals surface area contributed by atoms with E-state index in [1.54, 1.807) is 29.0 Å². The van der Waals surface area contributed by atoms with Gasteiger partial charge in [-0.05, 0) is 75.4 Å². The second kappa shape index (κ2) is 13.1. The van der Waals surface area contributed by atoms with Crippen LogP contribution < -0.4 is 4.90 Å². The van der Waals surface area contributed by atoms with E-state index in [0.717, 1.165) is 32.5 Å². The molecule has 0 spiro atoms. The van der Waals surface area contributed by atoms with Crippen LogP contribution in [-0.2, 0) is 11.3 Å². The molecule has 0 saturated carbocycles. The maximum atomic E-state index is 14.5. The van der Waals surface area contributed by atoms with Crippen LogP contribution in [0.25, 0.3) is 0 Å². The second-order valence-electron chi connectivity index (χ2n) is 11.0. The first kappa shape index (κ1) is 28.7. The van der Waals surface area contributed by atoms with Gasteiger partial charge in [-0.1, -0.05) is 27.7 Å². The van der Waals surface area contributed by atoms with Crippen molar-refractivity contribution in [1.29, 1.82) is 0 Å². The molecule has 0 aliphatic carbocycles. The Balaban J connectivity index is 2.03. The summed E-state index contributed by atoms with van der Waals surface area (Å²) < 4.78 is 14.5. The molecule has 0 saturated heterocycles. The number of aryl methyl sites for hydroxylation is 2. The zero-order valence-electron chi connectivity index (χ0n) is 23.3. The van der Waals surface area contributed by atoms with E-state index in [0.29, 0.717) is 53.8 Å². The predicted octanol–water partition coefficient (Wildman–Crippen LogP) is 5.01. The summed E-state index contributed by atoms with van der Waals surface area (Å²) in [7, 11) is 0. The summed E-state index contributed by atoms with van der Waals surface area (Å²) in [4.78, 5) is 41.7.